The number of benzene rings is 1. The van der Waals surface area contributed by atoms with Gasteiger partial charge in [-0.3, -0.25) is 28.6 Å². The van der Waals surface area contributed by atoms with E-state index in [1.165, 1.54) is 4.90 Å². The molecule has 1 saturated carbocycles. The van der Waals surface area contributed by atoms with E-state index in [1.807, 2.05) is 12.1 Å². The molecule has 11 nitrogen and oxygen atoms in total. The van der Waals surface area contributed by atoms with Gasteiger partial charge in [0.1, 0.15) is 24.3 Å². The van der Waals surface area contributed by atoms with E-state index in [0.717, 1.165) is 5.56 Å². The second-order valence-corrected chi connectivity index (χ2v) is 13.9. The van der Waals surface area contributed by atoms with Crippen molar-refractivity contribution in [1.29, 1.82) is 0 Å². The van der Waals surface area contributed by atoms with E-state index in [4.69, 9.17) is 9.47 Å². The summed E-state index contributed by atoms with van der Waals surface area (Å²) >= 11 is 0. The molecule has 2 aliphatic rings. The maximum atomic E-state index is 14.2. The minimum Gasteiger partial charge on any atom is -0.465 e. The van der Waals surface area contributed by atoms with Gasteiger partial charge >= 0.3 is 19.5 Å². The lowest BCUT2D eigenvalue weighted by molar-refractivity contribution is -0.157. The second-order valence-electron chi connectivity index (χ2n) is 12.0. The van der Waals surface area contributed by atoms with Gasteiger partial charge < -0.3 is 24.6 Å². The predicted molar refractivity (Wildman–Crippen MR) is 152 cm³/mol. The third kappa shape index (κ3) is 6.52. The van der Waals surface area contributed by atoms with E-state index in [1.54, 1.807) is 46.8 Å². The number of nitrogens with one attached hydrogen (secondary N) is 1. The molecule has 0 bridgehead atoms. The van der Waals surface area contributed by atoms with Crippen LogP contribution in [0.1, 0.15) is 78.7 Å². The number of fused-ring (bicyclic) bond motifs is 1. The van der Waals surface area contributed by atoms with Crippen molar-refractivity contribution in [2.75, 3.05) is 24.7 Å². The molecule has 0 radical (unpaired) electrons. The van der Waals surface area contributed by atoms with Gasteiger partial charge in [-0.2, -0.15) is 0 Å². The molecule has 1 aromatic carbocycles. The van der Waals surface area contributed by atoms with Crippen molar-refractivity contribution in [3.05, 3.63) is 29.8 Å². The van der Waals surface area contributed by atoms with E-state index >= 15 is 0 Å². The molecule has 41 heavy (non-hydrogen) atoms. The van der Waals surface area contributed by atoms with E-state index in [0.29, 0.717) is 24.9 Å². The van der Waals surface area contributed by atoms with E-state index in [9.17, 15) is 33.5 Å². The Kier molecular flexibility index (Phi) is 10.1. The van der Waals surface area contributed by atoms with E-state index in [2.05, 4.69) is 5.32 Å². The summed E-state index contributed by atoms with van der Waals surface area (Å²) in [5, 5.41) is 0.842. The largest absolute Gasteiger partial charge is 0.465 e. The summed E-state index contributed by atoms with van der Waals surface area (Å²) in [5.41, 5.74) is -1.12. The smallest absolute Gasteiger partial charge is 0.336 e. The Morgan fingerprint density at radius 3 is 2.29 bits per heavy atom. The van der Waals surface area contributed by atoms with Crippen molar-refractivity contribution in [2.45, 2.75) is 90.8 Å². The first-order chi connectivity index (χ1) is 19.1. The highest BCUT2D eigenvalue weighted by Crippen LogP contribution is 2.66. The normalized spacial score (nSPS) is 20.4. The molecule has 1 aliphatic carbocycles. The van der Waals surface area contributed by atoms with Crippen LogP contribution in [0.25, 0.3) is 0 Å². The average Bonchev–Trinajstić information content (AvgIpc) is 3.36. The molecule has 1 aliphatic heterocycles. The SMILES string of the molecule is CCOC(=O)CN1C(=O)[C@@H](NC(=O)C2(C(CC)(COC(=O)C(C)(C)C)P(=O)(O)O)CCCC2)CCc2ccccc21. The van der Waals surface area contributed by atoms with Crippen LogP contribution >= 0.6 is 7.60 Å². The van der Waals surface area contributed by atoms with Crippen LogP contribution in [0.4, 0.5) is 5.69 Å². The number of aryl methyl sites for hydroxylation is 1. The summed E-state index contributed by atoms with van der Waals surface area (Å²) in [4.78, 5) is 75.9. The number of carbonyl (C=O) groups is 4. The predicted octanol–water partition coefficient (Wildman–Crippen LogP) is 3.49. The molecular weight excluding hydrogens is 551 g/mol. The van der Waals surface area contributed by atoms with Gasteiger partial charge in [0.15, 0.2) is 0 Å². The van der Waals surface area contributed by atoms with Gasteiger partial charge in [-0.25, -0.2) is 0 Å². The summed E-state index contributed by atoms with van der Waals surface area (Å²) in [7, 11) is -5.04. The van der Waals surface area contributed by atoms with Crippen molar-refractivity contribution in [2.24, 2.45) is 10.8 Å². The van der Waals surface area contributed by atoms with Crippen LogP contribution in [-0.2, 0) is 39.6 Å². The van der Waals surface area contributed by atoms with Crippen LogP contribution in [0.5, 0.6) is 0 Å². The first-order valence-corrected chi connectivity index (χ1v) is 15.8. The second kappa shape index (κ2) is 12.6. The molecule has 2 atom stereocenters. The molecule has 228 valence electrons. The molecule has 3 N–H and O–H groups in total. The number of amides is 2. The Morgan fingerprint density at radius 1 is 1.10 bits per heavy atom. The number of carbonyl (C=O) groups excluding carboxylic acids is 4. The minimum absolute atomic E-state index is 0.124. The molecule has 3 rings (SSSR count). The molecule has 0 spiro atoms. The van der Waals surface area contributed by atoms with Gasteiger partial charge in [0.05, 0.1) is 17.4 Å². The first-order valence-electron chi connectivity index (χ1n) is 14.2. The number of rotatable bonds is 10. The Bertz CT molecular complexity index is 1200. The molecule has 12 heteroatoms. The van der Waals surface area contributed by atoms with Gasteiger partial charge in [-0.05, 0) is 71.4 Å². The fourth-order valence-electron chi connectivity index (χ4n) is 6.08. The zero-order valence-electron chi connectivity index (χ0n) is 24.6. The Balaban J connectivity index is 1.99. The van der Waals surface area contributed by atoms with Gasteiger partial charge in [-0.15, -0.1) is 0 Å². The molecular formula is C29H43N2O9P. The van der Waals surface area contributed by atoms with Crippen LogP contribution in [0.2, 0.25) is 0 Å². The number of para-hydroxylation sites is 1. The molecule has 0 saturated heterocycles. The number of ether oxygens (including phenoxy) is 2. The summed E-state index contributed by atoms with van der Waals surface area (Å²) < 4.78 is 23.8. The topological polar surface area (TPSA) is 160 Å². The molecule has 2 amide bonds. The highest BCUT2D eigenvalue weighted by Gasteiger charge is 2.66. The van der Waals surface area contributed by atoms with Crippen molar-refractivity contribution in [1.82, 2.24) is 5.32 Å². The van der Waals surface area contributed by atoms with Gasteiger partial charge in [0, 0.05) is 5.69 Å². The Hall–Kier alpha value is -2.75. The van der Waals surface area contributed by atoms with Gasteiger partial charge in [0.2, 0.25) is 11.8 Å². The number of anilines is 1. The third-order valence-electron chi connectivity index (χ3n) is 8.43. The van der Waals surface area contributed by atoms with Crippen LogP contribution in [-0.4, -0.2) is 64.5 Å². The zero-order chi connectivity index (χ0) is 30.6. The number of esters is 2. The minimum atomic E-state index is -5.04. The van der Waals surface area contributed by atoms with Crippen molar-refractivity contribution < 1.29 is 43.0 Å². The van der Waals surface area contributed by atoms with Crippen LogP contribution in [0.3, 0.4) is 0 Å². The van der Waals surface area contributed by atoms with E-state index < -0.39 is 60.0 Å². The fraction of sp³-hybridized carbons (Fsp3) is 0.655. The van der Waals surface area contributed by atoms with Gasteiger partial charge in [-0.1, -0.05) is 38.0 Å². The maximum absolute atomic E-state index is 14.2. The highest BCUT2D eigenvalue weighted by molar-refractivity contribution is 7.53. The van der Waals surface area contributed by atoms with Crippen LogP contribution < -0.4 is 10.2 Å². The van der Waals surface area contributed by atoms with Crippen LogP contribution in [0.15, 0.2) is 24.3 Å². The average molecular weight is 595 g/mol. The summed E-state index contributed by atoms with van der Waals surface area (Å²) in [6.07, 6.45) is 1.95. The lowest BCUT2D eigenvalue weighted by Crippen LogP contribution is -2.61. The first kappa shape index (κ1) is 32.8. The number of nitrogens with zero attached hydrogens (tertiary/aromatic N) is 1. The molecule has 1 heterocycles. The standard InChI is InChI=1S/C29H43N2O9P/c1-6-29(41(36,37)38,19-40-26(35)27(3,4)5)28(16-10-11-17-28)25(34)30-21-15-14-20-12-8-9-13-22(20)31(24(21)33)18-23(32)39-7-2/h8-9,12-13,21H,6-7,10-11,14-19H2,1-5H3,(H,30,34)(H2,36,37,38)/t21-,29?/m0/s1. The van der Waals surface area contributed by atoms with Gasteiger partial charge in [0.25, 0.3) is 0 Å². The summed E-state index contributed by atoms with van der Waals surface area (Å²) in [5.74, 6) is -2.40. The third-order valence-corrected chi connectivity index (χ3v) is 10.4. The van der Waals surface area contributed by atoms with Crippen molar-refractivity contribution in [3.8, 4) is 0 Å². The molecule has 1 fully saturated rings. The lowest BCUT2D eigenvalue weighted by Gasteiger charge is -2.47. The monoisotopic (exact) mass is 594 g/mol. The number of hydrogen-bond donors (Lipinski definition) is 3. The Labute approximate surface area is 241 Å². The maximum Gasteiger partial charge on any atom is 0.336 e. The molecule has 1 unspecified atom stereocenters. The van der Waals surface area contributed by atoms with Crippen LogP contribution in [0, 0.1) is 10.8 Å². The van der Waals surface area contributed by atoms with Crippen molar-refractivity contribution in [3.63, 3.8) is 0 Å². The summed E-state index contributed by atoms with van der Waals surface area (Å²) in [6, 6.07) is 6.11. The summed E-state index contributed by atoms with van der Waals surface area (Å²) in [6.45, 7) is 7.32. The van der Waals surface area contributed by atoms with E-state index in [-0.39, 0.29) is 38.8 Å². The lowest BCUT2D eigenvalue weighted by atomic mass is 9.70. The fourth-order valence-corrected chi connectivity index (χ4v) is 7.60. The molecule has 0 aromatic heterocycles. The Morgan fingerprint density at radius 2 is 1.73 bits per heavy atom. The van der Waals surface area contributed by atoms with Crippen molar-refractivity contribution >= 4 is 37.0 Å². The number of hydrogen-bond acceptors (Lipinski definition) is 7. The molecule has 1 aromatic rings. The highest BCUT2D eigenvalue weighted by atomic mass is 31.2. The quantitative estimate of drug-likeness (QED) is 0.272. The zero-order valence-corrected chi connectivity index (χ0v) is 25.5.